The number of nitrogens with one attached hydrogen (secondary N) is 2. The van der Waals surface area contributed by atoms with Gasteiger partial charge in [-0.15, -0.1) is 11.3 Å². The molecule has 0 unspecified atom stereocenters. The molecule has 6 nitrogen and oxygen atoms in total. The number of rotatable bonds is 6. The third-order valence-corrected chi connectivity index (χ3v) is 3.52. The maximum absolute atomic E-state index is 11.6. The summed E-state index contributed by atoms with van der Waals surface area (Å²) < 4.78 is 5.21. The van der Waals surface area contributed by atoms with Crippen molar-refractivity contribution in [3.05, 3.63) is 52.2 Å². The lowest BCUT2D eigenvalue weighted by Crippen LogP contribution is -2.41. The molecule has 3 amide bonds. The number of imide groups is 1. The van der Waals surface area contributed by atoms with Crippen molar-refractivity contribution in [2.45, 2.75) is 6.54 Å². The van der Waals surface area contributed by atoms with Gasteiger partial charge in [-0.25, -0.2) is 4.79 Å². The lowest BCUT2D eigenvalue weighted by molar-refractivity contribution is -0.122. The molecule has 1 aromatic carbocycles. The number of aldehydes is 1. The highest BCUT2D eigenvalue weighted by Crippen LogP contribution is 2.10. The van der Waals surface area contributed by atoms with E-state index in [0.29, 0.717) is 24.1 Å². The summed E-state index contributed by atoms with van der Waals surface area (Å²) >= 11 is 1.52. The van der Waals surface area contributed by atoms with Crippen molar-refractivity contribution >= 4 is 29.6 Å². The molecule has 0 atom stereocenters. The average Bonchev–Trinajstić information content (AvgIpc) is 3.05. The van der Waals surface area contributed by atoms with E-state index in [1.165, 1.54) is 11.3 Å². The van der Waals surface area contributed by atoms with Crippen LogP contribution in [-0.2, 0) is 11.3 Å². The van der Waals surface area contributed by atoms with Crippen LogP contribution in [0.5, 0.6) is 5.75 Å². The first-order valence-electron chi connectivity index (χ1n) is 6.45. The minimum Gasteiger partial charge on any atom is -0.484 e. The molecule has 2 N–H and O–H groups in total. The van der Waals surface area contributed by atoms with Crippen molar-refractivity contribution < 1.29 is 19.1 Å². The van der Waals surface area contributed by atoms with E-state index >= 15 is 0 Å². The Balaban J connectivity index is 1.70. The third kappa shape index (κ3) is 5.02. The Kier molecular flexibility index (Phi) is 5.67. The van der Waals surface area contributed by atoms with Crippen LogP contribution < -0.4 is 15.4 Å². The van der Waals surface area contributed by atoms with Gasteiger partial charge in [-0.05, 0) is 35.7 Å². The van der Waals surface area contributed by atoms with Gasteiger partial charge in [0.15, 0.2) is 6.61 Å². The number of urea groups is 1. The Morgan fingerprint density at radius 1 is 1.18 bits per heavy atom. The van der Waals surface area contributed by atoms with Gasteiger partial charge < -0.3 is 10.1 Å². The van der Waals surface area contributed by atoms with Crippen molar-refractivity contribution in [2.24, 2.45) is 0 Å². The number of carbonyl (C=O) groups is 3. The molecule has 22 heavy (non-hydrogen) atoms. The predicted octanol–water partition coefficient (Wildman–Crippen LogP) is 1.97. The molecule has 2 aromatic rings. The quantitative estimate of drug-likeness (QED) is 0.798. The molecule has 0 aliphatic carbocycles. The molecular weight excluding hydrogens is 304 g/mol. The van der Waals surface area contributed by atoms with Crippen molar-refractivity contribution in [1.29, 1.82) is 0 Å². The van der Waals surface area contributed by atoms with Crippen LogP contribution in [0.1, 0.15) is 15.2 Å². The van der Waals surface area contributed by atoms with Crippen LogP contribution in [-0.4, -0.2) is 24.8 Å². The highest BCUT2D eigenvalue weighted by atomic mass is 32.1. The number of benzene rings is 1. The Hall–Kier alpha value is -2.67. The van der Waals surface area contributed by atoms with Crippen molar-refractivity contribution in [3.63, 3.8) is 0 Å². The number of carbonyl (C=O) groups excluding carboxylic acids is 3. The van der Waals surface area contributed by atoms with E-state index in [-0.39, 0.29) is 6.61 Å². The van der Waals surface area contributed by atoms with Crippen molar-refractivity contribution in [3.8, 4) is 5.75 Å². The minimum atomic E-state index is -0.571. The molecule has 0 radical (unpaired) electrons. The summed E-state index contributed by atoms with van der Waals surface area (Å²) in [5.74, 6) is -0.108. The largest absolute Gasteiger partial charge is 0.484 e. The highest BCUT2D eigenvalue weighted by molar-refractivity contribution is 7.09. The van der Waals surface area contributed by atoms with Crippen LogP contribution in [0.4, 0.5) is 4.79 Å². The second-order valence-corrected chi connectivity index (χ2v) is 5.32. The molecule has 0 saturated carbocycles. The Bertz CT molecular complexity index is 638. The van der Waals surface area contributed by atoms with Gasteiger partial charge in [-0.3, -0.25) is 14.9 Å². The monoisotopic (exact) mass is 318 g/mol. The molecule has 0 saturated heterocycles. The van der Waals surface area contributed by atoms with E-state index < -0.39 is 11.9 Å². The summed E-state index contributed by atoms with van der Waals surface area (Å²) in [6, 6.07) is 9.51. The van der Waals surface area contributed by atoms with Crippen molar-refractivity contribution in [2.75, 3.05) is 6.61 Å². The van der Waals surface area contributed by atoms with Gasteiger partial charge in [-0.2, -0.15) is 0 Å². The molecule has 0 aliphatic rings. The molecular formula is C15H14N2O4S. The fourth-order valence-corrected chi connectivity index (χ4v) is 2.22. The number of hydrogen-bond donors (Lipinski definition) is 2. The first kappa shape index (κ1) is 15.7. The van der Waals surface area contributed by atoms with E-state index in [1.54, 1.807) is 24.3 Å². The van der Waals surface area contributed by atoms with E-state index in [2.05, 4.69) is 10.6 Å². The average molecular weight is 318 g/mol. The summed E-state index contributed by atoms with van der Waals surface area (Å²) in [5, 5.41) is 6.65. The molecule has 114 valence electrons. The van der Waals surface area contributed by atoms with Gasteiger partial charge in [-0.1, -0.05) is 6.07 Å². The SMILES string of the molecule is O=Cc1ccc(OCC(=O)NC(=O)NCc2cccs2)cc1. The van der Waals surface area contributed by atoms with Crippen molar-refractivity contribution in [1.82, 2.24) is 10.6 Å². The molecule has 0 bridgehead atoms. The minimum absolute atomic E-state index is 0.285. The molecule has 0 fully saturated rings. The van der Waals surface area contributed by atoms with Gasteiger partial charge >= 0.3 is 6.03 Å². The van der Waals surface area contributed by atoms with Crippen LogP contribution in [0.2, 0.25) is 0 Å². The number of ether oxygens (including phenoxy) is 1. The number of amides is 3. The summed E-state index contributed by atoms with van der Waals surface area (Å²) in [6.45, 7) is 0.0810. The number of thiophene rings is 1. The lowest BCUT2D eigenvalue weighted by Gasteiger charge is -2.07. The smallest absolute Gasteiger partial charge is 0.321 e. The summed E-state index contributed by atoms with van der Waals surface area (Å²) in [4.78, 5) is 34.6. The van der Waals surface area contributed by atoms with Gasteiger partial charge in [0, 0.05) is 10.4 Å². The van der Waals surface area contributed by atoms with E-state index in [9.17, 15) is 14.4 Å². The molecule has 0 spiro atoms. The van der Waals surface area contributed by atoms with E-state index in [1.807, 2.05) is 17.5 Å². The zero-order chi connectivity index (χ0) is 15.8. The molecule has 1 heterocycles. The Morgan fingerprint density at radius 2 is 1.95 bits per heavy atom. The number of hydrogen-bond acceptors (Lipinski definition) is 5. The van der Waals surface area contributed by atoms with E-state index in [0.717, 1.165) is 4.88 Å². The zero-order valence-electron chi connectivity index (χ0n) is 11.6. The molecule has 2 rings (SSSR count). The summed E-state index contributed by atoms with van der Waals surface area (Å²) in [6.07, 6.45) is 0.717. The normalized spacial score (nSPS) is 9.82. The van der Waals surface area contributed by atoms with Gasteiger partial charge in [0.2, 0.25) is 0 Å². The highest BCUT2D eigenvalue weighted by Gasteiger charge is 2.08. The third-order valence-electron chi connectivity index (χ3n) is 2.64. The standard InChI is InChI=1S/C15H14N2O4S/c18-9-11-3-5-12(6-4-11)21-10-14(19)17-15(20)16-8-13-2-1-7-22-13/h1-7,9H,8,10H2,(H2,16,17,19,20). The first-order valence-corrected chi connectivity index (χ1v) is 7.33. The zero-order valence-corrected chi connectivity index (χ0v) is 12.4. The van der Waals surface area contributed by atoms with Crippen LogP contribution in [0.25, 0.3) is 0 Å². The maximum atomic E-state index is 11.6. The van der Waals surface area contributed by atoms with Crippen LogP contribution in [0, 0.1) is 0 Å². The van der Waals surface area contributed by atoms with E-state index in [4.69, 9.17) is 4.74 Å². The van der Waals surface area contributed by atoms with Gasteiger partial charge in [0.05, 0.1) is 6.54 Å². The van der Waals surface area contributed by atoms with Gasteiger partial charge in [0.1, 0.15) is 12.0 Å². The maximum Gasteiger partial charge on any atom is 0.321 e. The van der Waals surface area contributed by atoms with Crippen LogP contribution >= 0.6 is 11.3 Å². The lowest BCUT2D eigenvalue weighted by atomic mass is 10.2. The van der Waals surface area contributed by atoms with Crippen LogP contribution in [0.3, 0.4) is 0 Å². The summed E-state index contributed by atoms with van der Waals surface area (Å²) in [7, 11) is 0. The fourth-order valence-electron chi connectivity index (χ4n) is 1.58. The second-order valence-electron chi connectivity index (χ2n) is 4.29. The van der Waals surface area contributed by atoms with Gasteiger partial charge in [0.25, 0.3) is 5.91 Å². The fraction of sp³-hybridized carbons (Fsp3) is 0.133. The molecule has 7 heteroatoms. The topological polar surface area (TPSA) is 84.5 Å². The predicted molar refractivity (Wildman–Crippen MR) is 82.0 cm³/mol. The summed E-state index contributed by atoms with van der Waals surface area (Å²) in [5.41, 5.74) is 0.518. The Labute approximate surface area is 131 Å². The molecule has 0 aliphatic heterocycles. The Morgan fingerprint density at radius 3 is 2.59 bits per heavy atom. The first-order chi connectivity index (χ1) is 10.7. The van der Waals surface area contributed by atoms with Crippen LogP contribution in [0.15, 0.2) is 41.8 Å². The second kappa shape index (κ2) is 7.94. The molecule has 1 aromatic heterocycles.